The van der Waals surface area contributed by atoms with Gasteiger partial charge >= 0.3 is 0 Å². The number of rotatable bonds is 5. The number of carbonyl (C=O) groups is 2. The van der Waals surface area contributed by atoms with Crippen molar-refractivity contribution in [3.63, 3.8) is 0 Å². The van der Waals surface area contributed by atoms with E-state index in [1.54, 1.807) is 36.4 Å². The van der Waals surface area contributed by atoms with E-state index in [-0.39, 0.29) is 17.9 Å². The van der Waals surface area contributed by atoms with Crippen LogP contribution >= 0.6 is 11.3 Å². The fourth-order valence-corrected chi connectivity index (χ4v) is 5.39. The first-order valence-electron chi connectivity index (χ1n) is 10.1. The zero-order chi connectivity index (χ0) is 21.0. The average Bonchev–Trinajstić information content (AvgIpc) is 3.29. The Hall–Kier alpha value is -2.77. The van der Waals surface area contributed by atoms with Gasteiger partial charge in [0, 0.05) is 6.54 Å². The third-order valence-corrected chi connectivity index (χ3v) is 6.82. The van der Waals surface area contributed by atoms with Crippen LogP contribution in [0.3, 0.4) is 0 Å². The lowest BCUT2D eigenvalue weighted by Gasteiger charge is -2.37. The summed E-state index contributed by atoms with van der Waals surface area (Å²) >= 11 is 1.42. The number of aliphatic hydroxyl groups is 1. The van der Waals surface area contributed by atoms with Crippen molar-refractivity contribution >= 4 is 39.1 Å². The normalized spacial score (nSPS) is 17.3. The van der Waals surface area contributed by atoms with Crippen molar-refractivity contribution in [1.29, 1.82) is 0 Å². The van der Waals surface area contributed by atoms with Gasteiger partial charge in [0.1, 0.15) is 0 Å². The SMILES string of the molecule is CC(C)(O)C(C1CC1)N1Cc2cccc(NC(=O)c3cccc4ncsc34)c2C1=O. The number of anilines is 1. The maximum atomic E-state index is 13.4. The number of hydrogen-bond acceptors (Lipinski definition) is 5. The van der Waals surface area contributed by atoms with Gasteiger partial charge in [-0.1, -0.05) is 18.2 Å². The largest absolute Gasteiger partial charge is 0.388 e. The minimum atomic E-state index is -0.982. The van der Waals surface area contributed by atoms with Crippen LogP contribution in [0.4, 0.5) is 5.69 Å². The van der Waals surface area contributed by atoms with Gasteiger partial charge in [-0.3, -0.25) is 9.59 Å². The fraction of sp³-hybridized carbons (Fsp3) is 0.348. The van der Waals surface area contributed by atoms with E-state index in [0.717, 1.165) is 28.6 Å². The predicted octanol–water partition coefficient (Wildman–Crippen LogP) is 4.05. The number of aromatic nitrogens is 1. The Morgan fingerprint density at radius 3 is 2.77 bits per heavy atom. The van der Waals surface area contributed by atoms with Crippen LogP contribution in [0.2, 0.25) is 0 Å². The van der Waals surface area contributed by atoms with Crippen LogP contribution in [0.5, 0.6) is 0 Å². The number of nitrogens with zero attached hydrogens (tertiary/aromatic N) is 2. The summed E-state index contributed by atoms with van der Waals surface area (Å²) in [4.78, 5) is 32.5. The molecule has 0 radical (unpaired) electrons. The van der Waals surface area contributed by atoms with E-state index in [9.17, 15) is 14.7 Å². The molecule has 5 rings (SSSR count). The van der Waals surface area contributed by atoms with Crippen molar-refractivity contribution in [2.45, 2.75) is 44.9 Å². The Morgan fingerprint density at radius 2 is 2.03 bits per heavy atom. The average molecular weight is 422 g/mol. The van der Waals surface area contributed by atoms with Gasteiger partial charge in [0.25, 0.3) is 11.8 Å². The van der Waals surface area contributed by atoms with Crippen LogP contribution in [-0.4, -0.2) is 38.4 Å². The summed E-state index contributed by atoms with van der Waals surface area (Å²) in [5, 5.41) is 13.7. The molecule has 1 fully saturated rings. The Morgan fingerprint density at radius 1 is 1.27 bits per heavy atom. The third kappa shape index (κ3) is 3.18. The van der Waals surface area contributed by atoms with Crippen LogP contribution in [0.1, 0.15) is 53.0 Å². The summed E-state index contributed by atoms with van der Waals surface area (Å²) in [7, 11) is 0. The lowest BCUT2D eigenvalue weighted by Crippen LogP contribution is -2.51. The molecule has 2 heterocycles. The van der Waals surface area contributed by atoms with E-state index < -0.39 is 5.60 Å². The van der Waals surface area contributed by atoms with Crippen LogP contribution in [0, 0.1) is 5.92 Å². The van der Waals surface area contributed by atoms with E-state index >= 15 is 0 Å². The lowest BCUT2D eigenvalue weighted by atomic mass is 9.93. The molecule has 2 amide bonds. The van der Waals surface area contributed by atoms with Crippen LogP contribution < -0.4 is 5.32 Å². The van der Waals surface area contributed by atoms with Crippen LogP contribution in [0.15, 0.2) is 41.9 Å². The van der Waals surface area contributed by atoms with Crippen molar-refractivity contribution in [3.8, 4) is 0 Å². The Labute approximate surface area is 178 Å². The van der Waals surface area contributed by atoms with E-state index in [0.29, 0.717) is 29.3 Å². The summed E-state index contributed by atoms with van der Waals surface area (Å²) < 4.78 is 0.825. The minimum absolute atomic E-state index is 0.129. The van der Waals surface area contributed by atoms with Crippen LogP contribution in [-0.2, 0) is 6.54 Å². The number of amides is 2. The highest BCUT2D eigenvalue weighted by Crippen LogP contribution is 2.43. The molecule has 7 heteroatoms. The Bertz CT molecular complexity index is 1160. The minimum Gasteiger partial charge on any atom is -0.388 e. The van der Waals surface area contributed by atoms with Crippen molar-refractivity contribution in [2.75, 3.05) is 5.32 Å². The van der Waals surface area contributed by atoms with Gasteiger partial charge in [0.05, 0.1) is 44.2 Å². The molecule has 2 aliphatic rings. The second kappa shape index (κ2) is 6.89. The molecule has 1 unspecified atom stereocenters. The number of fused-ring (bicyclic) bond motifs is 2. The van der Waals surface area contributed by atoms with E-state index in [2.05, 4.69) is 10.3 Å². The van der Waals surface area contributed by atoms with Gasteiger partial charge in [-0.05, 0) is 56.4 Å². The number of thiazole rings is 1. The molecule has 0 spiro atoms. The number of benzene rings is 2. The van der Waals surface area contributed by atoms with E-state index in [4.69, 9.17) is 0 Å². The van der Waals surface area contributed by atoms with Gasteiger partial charge in [-0.25, -0.2) is 4.98 Å². The first-order chi connectivity index (χ1) is 14.3. The molecule has 30 heavy (non-hydrogen) atoms. The highest BCUT2D eigenvalue weighted by molar-refractivity contribution is 7.17. The van der Waals surface area contributed by atoms with Gasteiger partial charge < -0.3 is 15.3 Å². The maximum absolute atomic E-state index is 13.4. The van der Waals surface area contributed by atoms with Crippen molar-refractivity contribution in [1.82, 2.24) is 9.88 Å². The number of hydrogen-bond donors (Lipinski definition) is 2. The summed E-state index contributed by atoms with van der Waals surface area (Å²) in [6.45, 7) is 3.99. The summed E-state index contributed by atoms with van der Waals surface area (Å²) in [5.74, 6) is -0.0631. The number of carbonyl (C=O) groups excluding carboxylic acids is 2. The van der Waals surface area contributed by atoms with Gasteiger partial charge in [-0.2, -0.15) is 0 Å². The summed E-state index contributed by atoms with van der Waals surface area (Å²) in [6, 6.07) is 10.8. The first kappa shape index (κ1) is 19.2. The molecule has 6 nitrogen and oxygen atoms in total. The van der Waals surface area contributed by atoms with Crippen LogP contribution in [0.25, 0.3) is 10.2 Å². The smallest absolute Gasteiger partial charge is 0.257 e. The maximum Gasteiger partial charge on any atom is 0.257 e. The van der Waals surface area contributed by atoms with Crippen molar-refractivity contribution in [3.05, 3.63) is 58.6 Å². The molecule has 2 N–H and O–H groups in total. The highest BCUT2D eigenvalue weighted by Gasteiger charge is 2.48. The van der Waals surface area contributed by atoms with Gasteiger partial charge in [0.2, 0.25) is 0 Å². The lowest BCUT2D eigenvalue weighted by molar-refractivity contribution is -0.0224. The van der Waals surface area contributed by atoms with Gasteiger partial charge in [0.15, 0.2) is 0 Å². The molecule has 1 aliphatic carbocycles. The molecule has 154 valence electrons. The molecule has 2 aromatic carbocycles. The Balaban J connectivity index is 1.47. The molecule has 1 aromatic heterocycles. The number of nitrogens with one attached hydrogen (secondary N) is 1. The molecule has 0 saturated heterocycles. The highest BCUT2D eigenvalue weighted by atomic mass is 32.1. The molecular weight excluding hydrogens is 398 g/mol. The monoisotopic (exact) mass is 421 g/mol. The van der Waals surface area contributed by atoms with E-state index in [1.165, 1.54) is 11.3 Å². The van der Waals surface area contributed by atoms with Crippen molar-refractivity contribution < 1.29 is 14.7 Å². The molecular formula is C23H23N3O3S. The molecule has 1 aliphatic heterocycles. The van der Waals surface area contributed by atoms with Crippen molar-refractivity contribution in [2.24, 2.45) is 5.92 Å². The quantitative estimate of drug-likeness (QED) is 0.651. The Kier molecular flexibility index (Phi) is 4.41. The zero-order valence-corrected chi connectivity index (χ0v) is 17.7. The summed E-state index contributed by atoms with van der Waals surface area (Å²) in [5.41, 5.74) is 3.98. The topological polar surface area (TPSA) is 82.5 Å². The third-order valence-electron chi connectivity index (χ3n) is 5.94. The molecule has 0 bridgehead atoms. The molecule has 1 saturated carbocycles. The van der Waals surface area contributed by atoms with Gasteiger partial charge in [-0.15, -0.1) is 11.3 Å². The second-order valence-electron chi connectivity index (χ2n) is 8.67. The molecule has 3 aromatic rings. The summed E-state index contributed by atoms with van der Waals surface area (Å²) in [6.07, 6.45) is 2.05. The second-order valence-corrected chi connectivity index (χ2v) is 9.52. The fourth-order valence-electron chi connectivity index (χ4n) is 4.59. The molecule has 1 atom stereocenters. The zero-order valence-electron chi connectivity index (χ0n) is 16.9. The predicted molar refractivity (Wildman–Crippen MR) is 117 cm³/mol. The standard InChI is InChI=1S/C23H23N3O3S/c1-23(2,29)20(13-9-10-13)26-11-14-5-3-7-16(18(14)22(26)28)25-21(27)15-6-4-8-17-19(15)30-12-24-17/h3-8,12-13,20,29H,9-11H2,1-2H3,(H,25,27). The van der Waals surface area contributed by atoms with E-state index in [1.807, 2.05) is 24.3 Å². The first-order valence-corrected chi connectivity index (χ1v) is 11.0.